The second-order valence-corrected chi connectivity index (χ2v) is 19.9. The number of ether oxygens (including phenoxy) is 2. The predicted octanol–water partition coefficient (Wildman–Crippen LogP) is 9.37. The number of rotatable bonds is 20. The lowest BCUT2D eigenvalue weighted by atomic mass is 9.80. The van der Waals surface area contributed by atoms with Gasteiger partial charge in [-0.3, -0.25) is 9.59 Å². The highest BCUT2D eigenvalue weighted by Gasteiger charge is 2.47. The number of carbonyl (C=O) groups excluding carboxylic acids is 2. The van der Waals surface area contributed by atoms with Gasteiger partial charge in [-0.15, -0.1) is 0 Å². The molecule has 0 saturated carbocycles. The first-order valence-electron chi connectivity index (χ1n) is 24.4. The molecule has 348 valence electrons. The van der Waals surface area contributed by atoms with Crippen LogP contribution in [0.4, 0.5) is 0 Å². The van der Waals surface area contributed by atoms with Gasteiger partial charge in [-0.2, -0.15) is 0 Å². The minimum atomic E-state index is -0.994. The molecule has 0 spiro atoms. The van der Waals surface area contributed by atoms with Gasteiger partial charge in [-0.05, 0) is 129 Å². The van der Waals surface area contributed by atoms with Gasteiger partial charge in [-0.1, -0.05) is 105 Å². The molecule has 5 heterocycles. The summed E-state index contributed by atoms with van der Waals surface area (Å²) in [6.07, 6.45) is 23.3. The highest BCUT2D eigenvalue weighted by Crippen LogP contribution is 2.42. The fraction of sp³-hybridized carbons (Fsp3) is 0.564. The zero-order valence-electron chi connectivity index (χ0n) is 40.9. The number of methoxy groups -OCH3 is 1. The largest absolute Gasteiger partial charge is 0.510 e. The molecule has 3 aromatic heterocycles. The SMILES string of the molecule is C=Cc1c2[nH]c(c1C)/C=C1\NC(C3=c4[nH]c(c(C)c4=C(O)[C@@H]3C(=O)OC)/C=c3\[nH]/c(c(C)c3CC)=C\2)[C@@H](CCC(=O)OC/C=C(/C)CCC[C@H](C)CCC[C@H](C)CCCC(C)C)[C@@H]1C. The van der Waals surface area contributed by atoms with E-state index in [1.54, 1.807) is 0 Å². The Morgan fingerprint density at radius 1 is 0.844 bits per heavy atom. The summed E-state index contributed by atoms with van der Waals surface area (Å²) >= 11 is 0. The normalized spacial score (nSPS) is 22.0. The van der Waals surface area contributed by atoms with Crippen LogP contribution in [0.25, 0.3) is 35.6 Å². The molecule has 2 aliphatic heterocycles. The van der Waals surface area contributed by atoms with Crippen LogP contribution in [-0.2, 0) is 25.5 Å². The molecule has 0 aromatic carbocycles. The van der Waals surface area contributed by atoms with Gasteiger partial charge in [0.2, 0.25) is 0 Å². The second-order valence-electron chi connectivity index (χ2n) is 19.9. The first-order chi connectivity index (χ1) is 30.6. The standard InChI is InChI=1S/C55H78N4O5/c1-13-39-35(8)42-28-44-37(10)41(24-25-48(60)64-27-26-34(7)23-17-22-33(6)21-16-20-32(5)19-15-18-31(3)4)52(58-44)50-51(55(62)63-12)54(61)49-38(11)45(59-53(49)50)30-47-40(14-2)36(9)43(57-47)29-46(39)56-42/h13,26,28-33,37,41,51-52,56-59,61H,1,14-25,27H2,2-12H3/b34-26-,43-29-,44-28-,47-30-/t32-,33-,37+,41+,51-,52?/m1/s1. The van der Waals surface area contributed by atoms with E-state index in [1.165, 1.54) is 68.8 Å². The smallest absolute Gasteiger partial charge is 0.320 e. The Morgan fingerprint density at radius 3 is 2.16 bits per heavy atom. The number of hydrogen-bond donors (Lipinski definition) is 5. The van der Waals surface area contributed by atoms with E-state index in [1.807, 2.05) is 13.0 Å². The minimum absolute atomic E-state index is 0.0153. The summed E-state index contributed by atoms with van der Waals surface area (Å²) in [7, 11) is 1.36. The number of H-pyrrole nitrogens is 3. The number of nitrogens with one attached hydrogen (secondary N) is 4. The summed E-state index contributed by atoms with van der Waals surface area (Å²) in [6, 6.07) is -0.395. The zero-order chi connectivity index (χ0) is 46.4. The van der Waals surface area contributed by atoms with Crippen LogP contribution in [0.2, 0.25) is 0 Å². The molecular formula is C55H78N4O5. The van der Waals surface area contributed by atoms with Crippen molar-refractivity contribution < 1.29 is 24.2 Å². The predicted molar refractivity (Wildman–Crippen MR) is 263 cm³/mol. The summed E-state index contributed by atoms with van der Waals surface area (Å²) in [5.74, 6) is 0.433. The van der Waals surface area contributed by atoms with E-state index in [0.29, 0.717) is 11.6 Å². The van der Waals surface area contributed by atoms with Crippen LogP contribution in [0.3, 0.4) is 0 Å². The van der Waals surface area contributed by atoms with Gasteiger partial charge < -0.3 is 34.8 Å². The highest BCUT2D eigenvalue weighted by atomic mass is 16.5. The van der Waals surface area contributed by atoms with E-state index in [0.717, 1.165) is 98.1 Å². The number of carbonyl (C=O) groups is 2. The summed E-state index contributed by atoms with van der Waals surface area (Å²) < 4.78 is 11.2. The van der Waals surface area contributed by atoms with Crippen LogP contribution in [0.15, 0.2) is 23.9 Å². The van der Waals surface area contributed by atoms with Crippen molar-refractivity contribution in [2.45, 2.75) is 152 Å². The Morgan fingerprint density at radius 2 is 1.50 bits per heavy atom. The van der Waals surface area contributed by atoms with Crippen LogP contribution in [0.1, 0.15) is 164 Å². The monoisotopic (exact) mass is 875 g/mol. The molecule has 1 aliphatic carbocycles. The van der Waals surface area contributed by atoms with E-state index in [-0.39, 0.29) is 36.6 Å². The van der Waals surface area contributed by atoms with E-state index in [9.17, 15) is 14.7 Å². The van der Waals surface area contributed by atoms with Crippen molar-refractivity contribution in [2.24, 2.45) is 35.5 Å². The van der Waals surface area contributed by atoms with Gasteiger partial charge in [0, 0.05) is 56.6 Å². The van der Waals surface area contributed by atoms with Gasteiger partial charge in [0.25, 0.3) is 0 Å². The second kappa shape index (κ2) is 21.4. The fourth-order valence-electron chi connectivity index (χ4n) is 10.7. The summed E-state index contributed by atoms with van der Waals surface area (Å²) in [6.45, 7) is 26.6. The van der Waals surface area contributed by atoms with Crippen LogP contribution in [0.5, 0.6) is 0 Å². The van der Waals surface area contributed by atoms with E-state index >= 15 is 0 Å². The minimum Gasteiger partial charge on any atom is -0.510 e. The van der Waals surface area contributed by atoms with Crippen molar-refractivity contribution >= 4 is 47.6 Å². The highest BCUT2D eigenvalue weighted by molar-refractivity contribution is 5.95. The van der Waals surface area contributed by atoms with Crippen molar-refractivity contribution in [1.29, 1.82) is 0 Å². The molecule has 9 heteroatoms. The third kappa shape index (κ3) is 10.6. The molecule has 0 radical (unpaired) electrons. The van der Waals surface area contributed by atoms with Crippen LogP contribution < -0.4 is 26.6 Å². The molecular weight excluding hydrogens is 797 g/mol. The van der Waals surface area contributed by atoms with Crippen molar-refractivity contribution in [3.05, 3.63) is 90.1 Å². The van der Waals surface area contributed by atoms with Crippen molar-refractivity contribution in [3.8, 4) is 0 Å². The Labute approximate surface area is 382 Å². The van der Waals surface area contributed by atoms with Crippen LogP contribution >= 0.6 is 0 Å². The first kappa shape index (κ1) is 48.5. The van der Waals surface area contributed by atoms with Gasteiger partial charge in [0.15, 0.2) is 0 Å². The number of esters is 2. The van der Waals surface area contributed by atoms with E-state index in [2.05, 4.69) is 113 Å². The fourth-order valence-corrected chi connectivity index (χ4v) is 10.7. The summed E-state index contributed by atoms with van der Waals surface area (Å²) in [5.41, 5.74) is 11.1. The molecule has 6 rings (SSSR count). The third-order valence-corrected chi connectivity index (χ3v) is 14.8. The van der Waals surface area contributed by atoms with Gasteiger partial charge in [-0.25, -0.2) is 0 Å². The maximum Gasteiger partial charge on any atom is 0.320 e. The average molecular weight is 875 g/mol. The number of fused-ring (bicyclic) bond motifs is 8. The van der Waals surface area contributed by atoms with E-state index in [4.69, 9.17) is 9.47 Å². The molecule has 8 bridgehead atoms. The van der Waals surface area contributed by atoms with Crippen LogP contribution in [-0.4, -0.2) is 51.8 Å². The molecule has 9 nitrogen and oxygen atoms in total. The number of aromatic nitrogens is 3. The first-order valence-corrected chi connectivity index (χ1v) is 24.4. The Balaban J connectivity index is 1.21. The molecule has 0 amide bonds. The third-order valence-electron chi connectivity index (χ3n) is 14.8. The van der Waals surface area contributed by atoms with Crippen LogP contribution in [0, 0.1) is 56.3 Å². The average Bonchev–Trinajstić information content (AvgIpc) is 3.99. The molecule has 6 atom stereocenters. The van der Waals surface area contributed by atoms with Gasteiger partial charge >= 0.3 is 11.9 Å². The molecule has 1 saturated heterocycles. The Bertz CT molecular complexity index is 2510. The van der Waals surface area contributed by atoms with Crippen molar-refractivity contribution in [3.63, 3.8) is 0 Å². The summed E-state index contributed by atoms with van der Waals surface area (Å²) in [4.78, 5) is 38.2. The van der Waals surface area contributed by atoms with Gasteiger partial charge in [0.1, 0.15) is 18.3 Å². The zero-order valence-corrected chi connectivity index (χ0v) is 40.9. The topological polar surface area (TPSA) is 132 Å². The summed E-state index contributed by atoms with van der Waals surface area (Å²) in [5, 5.41) is 19.1. The molecule has 5 N–H and O–H groups in total. The maximum absolute atomic E-state index is 13.7. The molecule has 3 aromatic rings. The molecule has 1 unspecified atom stereocenters. The molecule has 3 aliphatic rings. The van der Waals surface area contributed by atoms with E-state index < -0.39 is 17.9 Å². The maximum atomic E-state index is 13.7. The Hall–Kier alpha value is -4.92. The lowest BCUT2D eigenvalue weighted by Gasteiger charge is -2.26. The van der Waals surface area contributed by atoms with Crippen molar-refractivity contribution in [2.75, 3.05) is 13.7 Å². The lowest BCUT2D eigenvalue weighted by molar-refractivity contribution is -0.143. The number of allylic oxidation sites excluding steroid dienone is 2. The quantitative estimate of drug-likeness (QED) is 0.0568. The Kier molecular flexibility index (Phi) is 16.2. The number of aliphatic hydroxyl groups excluding tert-OH is 1. The molecule has 64 heavy (non-hydrogen) atoms. The van der Waals surface area contributed by atoms with Gasteiger partial charge in [0.05, 0.1) is 18.5 Å². The number of hydrogen-bond acceptors (Lipinski definition) is 6. The number of aromatic amines is 3. The number of aliphatic hydroxyl groups is 1. The van der Waals surface area contributed by atoms with Crippen molar-refractivity contribution in [1.82, 2.24) is 20.3 Å². The molecule has 1 fully saturated rings. The lowest BCUT2D eigenvalue weighted by Crippen LogP contribution is -2.38.